The number of ether oxygens (including phenoxy) is 1. The van der Waals surface area contributed by atoms with Crippen LogP contribution >= 0.6 is 0 Å². The summed E-state index contributed by atoms with van der Waals surface area (Å²) < 4.78 is 4.73. The highest BCUT2D eigenvalue weighted by atomic mass is 16.6. The fourth-order valence-corrected chi connectivity index (χ4v) is 1.40. The lowest BCUT2D eigenvalue weighted by molar-refractivity contribution is -0.139. The molecule has 1 heterocycles. The van der Waals surface area contributed by atoms with E-state index in [4.69, 9.17) is 4.74 Å². The van der Waals surface area contributed by atoms with Crippen molar-refractivity contribution in [2.24, 2.45) is 5.92 Å². The SMILES string of the molecule is O=C(OC(=O)N1CCNCC1)C1CC1. The van der Waals surface area contributed by atoms with E-state index in [0.717, 1.165) is 25.9 Å². The summed E-state index contributed by atoms with van der Waals surface area (Å²) in [6.45, 7) is 2.78. The van der Waals surface area contributed by atoms with Gasteiger partial charge in [0.1, 0.15) is 0 Å². The van der Waals surface area contributed by atoms with Crippen molar-refractivity contribution in [3.05, 3.63) is 0 Å². The number of rotatable bonds is 1. The smallest absolute Gasteiger partial charge is 0.376 e. The average Bonchev–Trinajstić information content (AvgIpc) is 3.02. The highest BCUT2D eigenvalue weighted by molar-refractivity contribution is 5.87. The maximum Gasteiger partial charge on any atom is 0.417 e. The summed E-state index contributed by atoms with van der Waals surface area (Å²) >= 11 is 0. The molecule has 0 radical (unpaired) electrons. The Morgan fingerprint density at radius 2 is 1.86 bits per heavy atom. The van der Waals surface area contributed by atoms with Gasteiger partial charge in [-0.25, -0.2) is 4.79 Å². The highest BCUT2D eigenvalue weighted by Gasteiger charge is 2.33. The molecule has 0 aromatic rings. The van der Waals surface area contributed by atoms with Gasteiger partial charge in [-0.3, -0.25) is 4.79 Å². The molecule has 1 aliphatic carbocycles. The summed E-state index contributed by atoms with van der Waals surface area (Å²) in [5, 5.41) is 3.12. The molecule has 14 heavy (non-hydrogen) atoms. The Balaban J connectivity index is 1.78. The van der Waals surface area contributed by atoms with Crippen LogP contribution < -0.4 is 5.32 Å². The van der Waals surface area contributed by atoms with E-state index in [1.165, 1.54) is 0 Å². The summed E-state index contributed by atoms with van der Waals surface area (Å²) in [5.74, 6) is -0.365. The first-order valence-corrected chi connectivity index (χ1v) is 4.98. The standard InChI is InChI=1S/C9H14N2O3/c12-8(7-1-2-7)14-9(13)11-5-3-10-4-6-11/h7,10H,1-6H2. The number of piperazine rings is 1. The van der Waals surface area contributed by atoms with Crippen LogP contribution in [0.5, 0.6) is 0 Å². The molecule has 0 aromatic heterocycles. The van der Waals surface area contributed by atoms with Crippen LogP contribution in [0.1, 0.15) is 12.8 Å². The van der Waals surface area contributed by atoms with Gasteiger partial charge < -0.3 is 15.0 Å². The third kappa shape index (κ3) is 2.23. The molecule has 0 aromatic carbocycles. The van der Waals surface area contributed by atoms with Gasteiger partial charge in [-0.05, 0) is 12.8 Å². The Morgan fingerprint density at radius 1 is 1.21 bits per heavy atom. The first-order chi connectivity index (χ1) is 6.77. The number of hydrogen-bond donors (Lipinski definition) is 1. The molecular formula is C9H14N2O3. The first-order valence-electron chi connectivity index (χ1n) is 4.98. The second-order valence-electron chi connectivity index (χ2n) is 3.70. The number of esters is 1. The lowest BCUT2D eigenvalue weighted by Crippen LogP contribution is -2.47. The number of carbonyl (C=O) groups excluding carboxylic acids is 2. The zero-order chi connectivity index (χ0) is 9.97. The fourth-order valence-electron chi connectivity index (χ4n) is 1.40. The van der Waals surface area contributed by atoms with E-state index in [1.54, 1.807) is 4.90 Å². The molecule has 0 bridgehead atoms. The van der Waals surface area contributed by atoms with Crippen LogP contribution in [-0.4, -0.2) is 43.1 Å². The monoisotopic (exact) mass is 198 g/mol. The van der Waals surface area contributed by atoms with Crippen molar-refractivity contribution in [1.82, 2.24) is 10.2 Å². The maximum atomic E-state index is 11.4. The first kappa shape index (κ1) is 9.45. The van der Waals surface area contributed by atoms with Gasteiger partial charge in [0.05, 0.1) is 5.92 Å². The van der Waals surface area contributed by atoms with Gasteiger partial charge >= 0.3 is 12.1 Å². The van der Waals surface area contributed by atoms with Gasteiger partial charge in [0.2, 0.25) is 0 Å². The van der Waals surface area contributed by atoms with E-state index < -0.39 is 6.09 Å². The molecule has 78 valence electrons. The van der Waals surface area contributed by atoms with Crippen LogP contribution in [0.25, 0.3) is 0 Å². The predicted molar refractivity (Wildman–Crippen MR) is 48.7 cm³/mol. The van der Waals surface area contributed by atoms with Gasteiger partial charge in [-0.2, -0.15) is 0 Å². The Morgan fingerprint density at radius 3 is 2.43 bits per heavy atom. The molecule has 1 saturated heterocycles. The van der Waals surface area contributed by atoms with Gasteiger partial charge in [0, 0.05) is 26.2 Å². The van der Waals surface area contributed by atoms with E-state index in [9.17, 15) is 9.59 Å². The minimum absolute atomic E-state index is 0.0122. The number of amides is 1. The Labute approximate surface area is 82.4 Å². The van der Waals surface area contributed by atoms with Gasteiger partial charge in [0.25, 0.3) is 0 Å². The lowest BCUT2D eigenvalue weighted by atomic mass is 10.4. The van der Waals surface area contributed by atoms with Crippen molar-refractivity contribution in [2.75, 3.05) is 26.2 Å². The van der Waals surface area contributed by atoms with Crippen LogP contribution in [0, 0.1) is 5.92 Å². The number of carbonyl (C=O) groups is 2. The second kappa shape index (κ2) is 3.96. The van der Waals surface area contributed by atoms with Crippen molar-refractivity contribution < 1.29 is 14.3 Å². The summed E-state index contributed by atoms with van der Waals surface area (Å²) in [7, 11) is 0. The summed E-state index contributed by atoms with van der Waals surface area (Å²) in [4.78, 5) is 24.1. The molecule has 0 spiro atoms. The van der Waals surface area contributed by atoms with Gasteiger partial charge in [-0.1, -0.05) is 0 Å². The molecule has 2 rings (SSSR count). The largest absolute Gasteiger partial charge is 0.417 e. The van der Waals surface area contributed by atoms with Crippen LogP contribution in [0.2, 0.25) is 0 Å². The maximum absolute atomic E-state index is 11.4. The average molecular weight is 198 g/mol. The lowest BCUT2D eigenvalue weighted by Gasteiger charge is -2.25. The van der Waals surface area contributed by atoms with Gasteiger partial charge in [-0.15, -0.1) is 0 Å². The zero-order valence-corrected chi connectivity index (χ0v) is 7.99. The number of hydrogen-bond acceptors (Lipinski definition) is 4. The Bertz CT molecular complexity index is 244. The fraction of sp³-hybridized carbons (Fsp3) is 0.778. The molecule has 0 unspecified atom stereocenters. The Hall–Kier alpha value is -1.10. The molecule has 2 fully saturated rings. The van der Waals surface area contributed by atoms with Crippen molar-refractivity contribution >= 4 is 12.1 Å². The van der Waals surface area contributed by atoms with E-state index in [0.29, 0.717) is 13.1 Å². The van der Waals surface area contributed by atoms with Gasteiger partial charge in [0.15, 0.2) is 0 Å². The minimum Gasteiger partial charge on any atom is -0.376 e. The highest BCUT2D eigenvalue weighted by Crippen LogP contribution is 2.30. The van der Waals surface area contributed by atoms with Crippen molar-refractivity contribution in [3.63, 3.8) is 0 Å². The van der Waals surface area contributed by atoms with E-state index in [2.05, 4.69) is 5.32 Å². The van der Waals surface area contributed by atoms with E-state index in [-0.39, 0.29) is 11.9 Å². The minimum atomic E-state index is -0.483. The van der Waals surface area contributed by atoms with Crippen molar-refractivity contribution in [1.29, 1.82) is 0 Å². The Kier molecular flexibility index (Phi) is 2.67. The summed E-state index contributed by atoms with van der Waals surface area (Å²) in [6, 6.07) is 0. The van der Waals surface area contributed by atoms with Crippen LogP contribution in [0.3, 0.4) is 0 Å². The number of nitrogens with one attached hydrogen (secondary N) is 1. The topological polar surface area (TPSA) is 58.6 Å². The molecule has 5 heteroatoms. The molecule has 0 atom stereocenters. The quantitative estimate of drug-likeness (QED) is 0.474. The van der Waals surface area contributed by atoms with Crippen molar-refractivity contribution in [2.45, 2.75) is 12.8 Å². The normalized spacial score (nSPS) is 21.9. The molecule has 1 aliphatic heterocycles. The van der Waals surface area contributed by atoms with E-state index in [1.807, 2.05) is 0 Å². The molecule has 2 aliphatic rings. The third-order valence-corrected chi connectivity index (χ3v) is 2.47. The molecular weight excluding hydrogens is 184 g/mol. The van der Waals surface area contributed by atoms with Crippen LogP contribution in [-0.2, 0) is 9.53 Å². The van der Waals surface area contributed by atoms with E-state index >= 15 is 0 Å². The molecule has 1 N–H and O–H groups in total. The molecule has 5 nitrogen and oxygen atoms in total. The zero-order valence-electron chi connectivity index (χ0n) is 7.99. The molecule has 1 saturated carbocycles. The van der Waals surface area contributed by atoms with Crippen LogP contribution in [0.4, 0.5) is 4.79 Å². The number of nitrogens with zero attached hydrogens (tertiary/aromatic N) is 1. The summed E-state index contributed by atoms with van der Waals surface area (Å²) in [5.41, 5.74) is 0. The second-order valence-corrected chi connectivity index (χ2v) is 3.70. The van der Waals surface area contributed by atoms with Crippen molar-refractivity contribution in [3.8, 4) is 0 Å². The molecule has 1 amide bonds. The predicted octanol–water partition coefficient (Wildman–Crippen LogP) is -0.0352. The third-order valence-electron chi connectivity index (χ3n) is 2.47. The van der Waals surface area contributed by atoms with Crippen LogP contribution in [0.15, 0.2) is 0 Å². The summed E-state index contributed by atoms with van der Waals surface area (Å²) in [6.07, 6.45) is 1.25.